The zero-order valence-corrected chi connectivity index (χ0v) is 19.5. The van der Waals surface area contributed by atoms with Crippen LogP contribution in [0, 0.1) is 17.2 Å². The highest BCUT2D eigenvalue weighted by molar-refractivity contribution is 14.0. The molecule has 1 aromatic carbocycles. The van der Waals surface area contributed by atoms with Crippen molar-refractivity contribution in [3.8, 4) is 6.07 Å². The van der Waals surface area contributed by atoms with Crippen LogP contribution in [0.3, 0.4) is 0 Å². The van der Waals surface area contributed by atoms with Crippen LogP contribution in [0.15, 0.2) is 46.8 Å². The van der Waals surface area contributed by atoms with Crippen molar-refractivity contribution in [2.24, 2.45) is 10.9 Å². The van der Waals surface area contributed by atoms with Gasteiger partial charge in [-0.2, -0.15) is 5.26 Å². The summed E-state index contributed by atoms with van der Waals surface area (Å²) in [6.07, 6.45) is 2.47. The van der Waals surface area contributed by atoms with E-state index in [0.29, 0.717) is 24.1 Å². The fourth-order valence-electron chi connectivity index (χ4n) is 3.71. The molecule has 1 aliphatic rings. The number of hydrogen-bond donors (Lipinski definition) is 2. The molecule has 2 atom stereocenters. The Kier molecular flexibility index (Phi) is 9.22. The van der Waals surface area contributed by atoms with Gasteiger partial charge in [-0.05, 0) is 61.5 Å². The number of benzene rings is 1. The summed E-state index contributed by atoms with van der Waals surface area (Å²) in [6.45, 7) is 2.75. The minimum absolute atomic E-state index is 0. The first-order chi connectivity index (χ1) is 13.2. The molecule has 0 amide bonds. The maximum atomic E-state index is 8.89. The highest BCUT2D eigenvalue weighted by Crippen LogP contribution is 2.36. The van der Waals surface area contributed by atoms with Crippen molar-refractivity contribution in [2.75, 3.05) is 27.2 Å². The number of nitrogens with zero attached hydrogens (tertiary/aromatic N) is 3. The summed E-state index contributed by atoms with van der Waals surface area (Å²) in [5, 5.41) is 17.9. The number of nitrogens with one attached hydrogen (secondary N) is 2. The third kappa shape index (κ3) is 5.93. The molecular weight excluding hydrogens is 481 g/mol. The minimum atomic E-state index is 0. The van der Waals surface area contributed by atoms with E-state index in [4.69, 9.17) is 5.26 Å². The topological polar surface area (TPSA) is 63.5 Å². The Bertz CT molecular complexity index is 782. The van der Waals surface area contributed by atoms with E-state index < -0.39 is 0 Å². The Morgan fingerprint density at radius 3 is 2.71 bits per heavy atom. The summed E-state index contributed by atoms with van der Waals surface area (Å²) < 4.78 is 0. The summed E-state index contributed by atoms with van der Waals surface area (Å²) in [6, 6.07) is 14.7. The Balaban J connectivity index is 0.00000280. The van der Waals surface area contributed by atoms with Crippen molar-refractivity contribution < 1.29 is 0 Å². The first kappa shape index (κ1) is 22.7. The van der Waals surface area contributed by atoms with E-state index in [1.807, 2.05) is 35.6 Å². The zero-order chi connectivity index (χ0) is 19.1. The Labute approximate surface area is 188 Å². The maximum Gasteiger partial charge on any atom is 0.191 e. The van der Waals surface area contributed by atoms with Crippen LogP contribution in [0.2, 0.25) is 0 Å². The Morgan fingerprint density at radius 1 is 1.29 bits per heavy atom. The summed E-state index contributed by atoms with van der Waals surface area (Å²) >= 11 is 1.85. The molecule has 1 aliphatic heterocycles. The van der Waals surface area contributed by atoms with E-state index in [2.05, 4.69) is 51.2 Å². The number of thiophene rings is 1. The van der Waals surface area contributed by atoms with E-state index in [9.17, 15) is 0 Å². The highest BCUT2D eigenvalue weighted by Gasteiger charge is 2.31. The second-order valence-electron chi connectivity index (χ2n) is 6.96. The van der Waals surface area contributed by atoms with Crippen LogP contribution in [0.5, 0.6) is 0 Å². The van der Waals surface area contributed by atoms with E-state index in [1.165, 1.54) is 17.7 Å². The van der Waals surface area contributed by atoms with Gasteiger partial charge in [-0.25, -0.2) is 0 Å². The number of halogens is 1. The van der Waals surface area contributed by atoms with E-state index in [-0.39, 0.29) is 24.0 Å². The Morgan fingerprint density at radius 2 is 2.07 bits per heavy atom. The van der Waals surface area contributed by atoms with Gasteiger partial charge >= 0.3 is 0 Å². The molecule has 0 bridgehead atoms. The molecule has 2 N–H and O–H groups in total. The zero-order valence-electron chi connectivity index (χ0n) is 16.4. The number of likely N-dealkylation sites (tertiary alicyclic amines) is 1. The van der Waals surface area contributed by atoms with Crippen LogP contribution in [0.4, 0.5) is 0 Å². The largest absolute Gasteiger partial charge is 0.356 e. The molecule has 3 rings (SSSR count). The van der Waals surface area contributed by atoms with Gasteiger partial charge in [-0.15, -0.1) is 35.3 Å². The molecular formula is C21H28IN5S. The maximum absolute atomic E-state index is 8.89. The molecule has 1 saturated heterocycles. The third-order valence-electron chi connectivity index (χ3n) is 5.14. The molecule has 2 aromatic rings. The molecule has 1 aromatic heterocycles. The van der Waals surface area contributed by atoms with Crippen LogP contribution in [-0.4, -0.2) is 38.0 Å². The van der Waals surface area contributed by atoms with E-state index >= 15 is 0 Å². The monoisotopic (exact) mass is 509 g/mol. The molecule has 0 radical (unpaired) electrons. The minimum Gasteiger partial charge on any atom is -0.356 e. The Hall–Kier alpha value is -1.63. The summed E-state index contributed by atoms with van der Waals surface area (Å²) in [5.74, 6) is 1.38. The predicted molar refractivity (Wildman–Crippen MR) is 127 cm³/mol. The second kappa shape index (κ2) is 11.4. The first-order valence-corrected chi connectivity index (χ1v) is 10.3. The molecule has 1 fully saturated rings. The molecule has 0 spiro atoms. The standard InChI is InChI=1S/C21H27N5S.HI/c1-23-21(24-14-17-9-7-16(13-22)8-10-17)25-15-18-5-3-11-26(2)20(18)19-6-4-12-27-19;/h4,6-10,12,18,20H,3,5,11,14-15H2,1-2H3,(H2,23,24,25);1H. The quantitative estimate of drug-likeness (QED) is 0.364. The molecule has 2 heterocycles. The number of guanidine groups is 1. The number of hydrogen-bond acceptors (Lipinski definition) is 4. The summed E-state index contributed by atoms with van der Waals surface area (Å²) in [5.41, 5.74) is 1.81. The normalized spacial score (nSPS) is 20.1. The van der Waals surface area contributed by atoms with Crippen molar-refractivity contribution in [2.45, 2.75) is 25.4 Å². The van der Waals surface area contributed by atoms with Gasteiger partial charge in [0, 0.05) is 31.1 Å². The molecule has 0 aliphatic carbocycles. The van der Waals surface area contributed by atoms with E-state index in [1.54, 1.807) is 7.05 Å². The van der Waals surface area contributed by atoms with Gasteiger partial charge < -0.3 is 10.6 Å². The van der Waals surface area contributed by atoms with Gasteiger partial charge in [0.1, 0.15) is 0 Å². The van der Waals surface area contributed by atoms with Crippen LogP contribution >= 0.6 is 35.3 Å². The second-order valence-corrected chi connectivity index (χ2v) is 7.94. The fourth-order valence-corrected chi connectivity index (χ4v) is 4.70. The molecule has 0 saturated carbocycles. The predicted octanol–water partition coefficient (Wildman–Crippen LogP) is 3.99. The van der Waals surface area contributed by atoms with Crippen LogP contribution in [0.25, 0.3) is 0 Å². The fraction of sp³-hybridized carbons (Fsp3) is 0.429. The highest BCUT2D eigenvalue weighted by atomic mass is 127. The van der Waals surface area contributed by atoms with Gasteiger partial charge in [-0.1, -0.05) is 18.2 Å². The van der Waals surface area contributed by atoms with Crippen LogP contribution in [-0.2, 0) is 6.54 Å². The number of aliphatic imine (C=N–C) groups is 1. The average molecular weight is 509 g/mol. The van der Waals surface area contributed by atoms with Gasteiger partial charge in [0.25, 0.3) is 0 Å². The van der Waals surface area contributed by atoms with Crippen molar-refractivity contribution >= 4 is 41.3 Å². The molecule has 150 valence electrons. The van der Waals surface area contributed by atoms with Gasteiger partial charge in [0.15, 0.2) is 5.96 Å². The number of nitriles is 1. The van der Waals surface area contributed by atoms with Gasteiger partial charge in [0.05, 0.1) is 11.6 Å². The lowest BCUT2D eigenvalue weighted by Crippen LogP contribution is -2.44. The van der Waals surface area contributed by atoms with Crippen molar-refractivity contribution in [3.05, 3.63) is 57.8 Å². The van der Waals surface area contributed by atoms with Crippen molar-refractivity contribution in [1.29, 1.82) is 5.26 Å². The van der Waals surface area contributed by atoms with Gasteiger partial charge in [-0.3, -0.25) is 9.89 Å². The lowest BCUT2D eigenvalue weighted by molar-refractivity contribution is 0.125. The summed E-state index contributed by atoms with van der Waals surface area (Å²) in [7, 11) is 4.03. The first-order valence-electron chi connectivity index (χ1n) is 9.38. The average Bonchev–Trinajstić information content (AvgIpc) is 3.23. The van der Waals surface area contributed by atoms with Crippen LogP contribution in [0.1, 0.15) is 34.9 Å². The van der Waals surface area contributed by atoms with Gasteiger partial charge in [0.2, 0.25) is 0 Å². The molecule has 5 nitrogen and oxygen atoms in total. The lowest BCUT2D eigenvalue weighted by Gasteiger charge is -2.39. The SMILES string of the molecule is CN=C(NCc1ccc(C#N)cc1)NCC1CCCN(C)C1c1cccs1.I. The summed E-state index contributed by atoms with van der Waals surface area (Å²) in [4.78, 5) is 8.29. The van der Waals surface area contributed by atoms with E-state index in [0.717, 1.165) is 24.6 Å². The van der Waals surface area contributed by atoms with Crippen molar-refractivity contribution in [1.82, 2.24) is 15.5 Å². The molecule has 7 heteroatoms. The smallest absolute Gasteiger partial charge is 0.191 e. The molecule has 28 heavy (non-hydrogen) atoms. The van der Waals surface area contributed by atoms with Crippen LogP contribution < -0.4 is 10.6 Å². The third-order valence-corrected chi connectivity index (χ3v) is 6.08. The lowest BCUT2D eigenvalue weighted by atomic mass is 9.88. The van der Waals surface area contributed by atoms with Crippen molar-refractivity contribution in [3.63, 3.8) is 0 Å². The molecule has 2 unspecified atom stereocenters. The number of rotatable bonds is 5. The number of piperidine rings is 1.